The van der Waals surface area contributed by atoms with Gasteiger partial charge in [-0.05, 0) is 18.1 Å². The lowest BCUT2D eigenvalue weighted by atomic mass is 10.00. The molecule has 0 bridgehead atoms. The van der Waals surface area contributed by atoms with Crippen molar-refractivity contribution in [1.82, 2.24) is 0 Å². The van der Waals surface area contributed by atoms with Crippen LogP contribution in [0.4, 0.5) is 0 Å². The highest BCUT2D eigenvalue weighted by molar-refractivity contribution is 6.34. The average Bonchev–Trinajstić information content (AvgIpc) is 2.18. The van der Waals surface area contributed by atoms with Crippen LogP contribution in [0.15, 0.2) is 12.1 Å². The van der Waals surface area contributed by atoms with E-state index >= 15 is 0 Å². The van der Waals surface area contributed by atoms with E-state index in [-0.39, 0.29) is 5.78 Å². The highest BCUT2D eigenvalue weighted by Gasteiger charge is 2.23. The van der Waals surface area contributed by atoms with Crippen molar-refractivity contribution >= 4 is 17.4 Å². The fourth-order valence-corrected chi connectivity index (χ4v) is 1.93. The number of ketones is 1. The zero-order valence-electron chi connectivity index (χ0n) is 7.97. The number of aryl methyl sites for hydroxylation is 1. The second-order valence-corrected chi connectivity index (χ2v) is 3.69. The van der Waals surface area contributed by atoms with Gasteiger partial charge in [-0.2, -0.15) is 0 Å². The molecule has 0 saturated heterocycles. The highest BCUT2D eigenvalue weighted by Crippen LogP contribution is 2.34. The molecular weight excluding hydrogens is 200 g/mol. The van der Waals surface area contributed by atoms with Crippen LogP contribution in [0.1, 0.15) is 29.3 Å². The lowest BCUT2D eigenvalue weighted by Crippen LogP contribution is -2.17. The van der Waals surface area contributed by atoms with Gasteiger partial charge in [0.2, 0.25) is 0 Å². The summed E-state index contributed by atoms with van der Waals surface area (Å²) in [4.78, 5) is 11.6. The average molecular weight is 211 g/mol. The van der Waals surface area contributed by atoms with Gasteiger partial charge in [0, 0.05) is 6.42 Å². The maximum Gasteiger partial charge on any atom is 0.171 e. The van der Waals surface area contributed by atoms with Crippen molar-refractivity contribution in [3.8, 4) is 5.75 Å². The molecule has 2 rings (SSSR count). The Balaban J connectivity index is 2.63. The number of hydrogen-bond acceptors (Lipinski definition) is 2. The minimum absolute atomic E-state index is 0.0894. The van der Waals surface area contributed by atoms with Crippen molar-refractivity contribution in [3.05, 3.63) is 28.3 Å². The van der Waals surface area contributed by atoms with Gasteiger partial charge in [-0.1, -0.05) is 24.6 Å². The molecule has 2 nitrogen and oxygen atoms in total. The molecule has 0 aromatic heterocycles. The predicted octanol–water partition coefficient (Wildman–Crippen LogP) is 2.87. The van der Waals surface area contributed by atoms with Crippen LogP contribution in [0.5, 0.6) is 5.75 Å². The van der Waals surface area contributed by atoms with Crippen LogP contribution in [-0.2, 0) is 6.42 Å². The molecule has 3 heteroatoms. The zero-order chi connectivity index (χ0) is 10.1. The summed E-state index contributed by atoms with van der Waals surface area (Å²) in [5, 5.41) is 0.502. The number of halogens is 1. The number of Topliss-reactive ketones (excluding diaryl/α,β-unsaturated/α-hetero) is 1. The van der Waals surface area contributed by atoms with Crippen molar-refractivity contribution in [2.24, 2.45) is 0 Å². The van der Waals surface area contributed by atoms with Crippen LogP contribution in [-0.4, -0.2) is 12.4 Å². The van der Waals surface area contributed by atoms with E-state index in [9.17, 15) is 4.79 Å². The third-order valence-corrected chi connectivity index (χ3v) is 2.74. The summed E-state index contributed by atoms with van der Waals surface area (Å²) in [6, 6.07) is 3.69. The van der Waals surface area contributed by atoms with Crippen molar-refractivity contribution in [2.45, 2.75) is 19.8 Å². The molecule has 1 heterocycles. The second-order valence-electron chi connectivity index (χ2n) is 3.29. The van der Waals surface area contributed by atoms with E-state index in [1.165, 1.54) is 0 Å². The van der Waals surface area contributed by atoms with Crippen LogP contribution in [0.25, 0.3) is 0 Å². The molecule has 0 aliphatic carbocycles. The summed E-state index contributed by atoms with van der Waals surface area (Å²) in [6.07, 6.45) is 1.28. The molecule has 14 heavy (non-hydrogen) atoms. The summed E-state index contributed by atoms with van der Waals surface area (Å²) in [6.45, 7) is 2.51. The van der Waals surface area contributed by atoms with Crippen LogP contribution < -0.4 is 4.74 Å². The zero-order valence-corrected chi connectivity index (χ0v) is 8.73. The molecule has 0 spiro atoms. The number of carbonyl (C=O) groups excluding carboxylic acids is 1. The number of fused-ring (bicyclic) bond motifs is 1. The number of ether oxygens (including phenoxy) is 1. The lowest BCUT2D eigenvalue weighted by Gasteiger charge is -2.19. The smallest absolute Gasteiger partial charge is 0.171 e. The number of benzene rings is 1. The standard InChI is InChI=1S/C11H11ClO2/c1-2-7-3-4-8(12)10-9(13)5-6-14-11(7)10/h3-4H,2,5-6H2,1H3. The summed E-state index contributed by atoms with van der Waals surface area (Å²) >= 11 is 5.97. The number of rotatable bonds is 1. The van der Waals surface area contributed by atoms with Gasteiger partial charge >= 0.3 is 0 Å². The molecule has 0 amide bonds. The molecule has 0 saturated carbocycles. The Hall–Kier alpha value is -1.02. The summed E-state index contributed by atoms with van der Waals surface area (Å²) in [7, 11) is 0. The van der Waals surface area contributed by atoms with Crippen molar-refractivity contribution in [1.29, 1.82) is 0 Å². The first-order valence-electron chi connectivity index (χ1n) is 4.71. The molecule has 1 aliphatic heterocycles. The van der Waals surface area contributed by atoms with E-state index in [4.69, 9.17) is 16.3 Å². The fraction of sp³-hybridized carbons (Fsp3) is 0.364. The van der Waals surface area contributed by atoms with Crippen LogP contribution in [0, 0.1) is 0 Å². The Bertz CT molecular complexity index is 385. The molecule has 0 atom stereocenters. The first-order valence-corrected chi connectivity index (χ1v) is 5.09. The Morgan fingerprint density at radius 2 is 2.29 bits per heavy atom. The Morgan fingerprint density at radius 1 is 1.50 bits per heavy atom. The molecular formula is C11H11ClO2. The molecule has 1 aromatic carbocycles. The molecule has 1 aromatic rings. The summed E-state index contributed by atoms with van der Waals surface area (Å²) in [5.74, 6) is 0.780. The van der Waals surface area contributed by atoms with E-state index in [0.29, 0.717) is 29.4 Å². The third-order valence-electron chi connectivity index (χ3n) is 2.42. The Labute approximate surface area is 87.8 Å². The molecule has 74 valence electrons. The van der Waals surface area contributed by atoms with Crippen LogP contribution in [0.2, 0.25) is 5.02 Å². The van der Waals surface area contributed by atoms with E-state index in [0.717, 1.165) is 12.0 Å². The molecule has 0 unspecified atom stereocenters. The van der Waals surface area contributed by atoms with E-state index in [1.54, 1.807) is 6.07 Å². The Morgan fingerprint density at radius 3 is 3.00 bits per heavy atom. The van der Waals surface area contributed by atoms with Crippen molar-refractivity contribution in [2.75, 3.05) is 6.61 Å². The van der Waals surface area contributed by atoms with Gasteiger partial charge < -0.3 is 4.74 Å². The van der Waals surface area contributed by atoms with E-state index in [1.807, 2.05) is 13.0 Å². The second kappa shape index (κ2) is 3.62. The number of hydrogen-bond donors (Lipinski definition) is 0. The molecule has 1 aliphatic rings. The van der Waals surface area contributed by atoms with Crippen LogP contribution >= 0.6 is 11.6 Å². The lowest BCUT2D eigenvalue weighted by molar-refractivity contribution is 0.0933. The van der Waals surface area contributed by atoms with Gasteiger partial charge in [0.05, 0.1) is 17.2 Å². The molecule has 0 N–H and O–H groups in total. The van der Waals surface area contributed by atoms with Crippen LogP contribution in [0.3, 0.4) is 0 Å². The molecule has 0 radical (unpaired) electrons. The summed E-state index contributed by atoms with van der Waals surface area (Å²) < 4.78 is 5.49. The highest BCUT2D eigenvalue weighted by atomic mass is 35.5. The predicted molar refractivity (Wildman–Crippen MR) is 55.3 cm³/mol. The fourth-order valence-electron chi connectivity index (χ4n) is 1.68. The monoisotopic (exact) mass is 210 g/mol. The maximum absolute atomic E-state index is 11.6. The Kier molecular flexibility index (Phi) is 2.46. The number of carbonyl (C=O) groups is 1. The third kappa shape index (κ3) is 1.40. The van der Waals surface area contributed by atoms with E-state index < -0.39 is 0 Å². The minimum Gasteiger partial charge on any atom is -0.492 e. The minimum atomic E-state index is 0.0894. The van der Waals surface area contributed by atoms with Gasteiger partial charge in [-0.15, -0.1) is 0 Å². The topological polar surface area (TPSA) is 26.3 Å². The maximum atomic E-state index is 11.6. The normalized spacial score (nSPS) is 14.9. The first kappa shape index (κ1) is 9.53. The van der Waals surface area contributed by atoms with Crippen molar-refractivity contribution < 1.29 is 9.53 Å². The first-order chi connectivity index (χ1) is 6.74. The van der Waals surface area contributed by atoms with E-state index in [2.05, 4.69) is 0 Å². The molecule has 0 fully saturated rings. The quantitative estimate of drug-likeness (QED) is 0.713. The van der Waals surface area contributed by atoms with Gasteiger partial charge in [0.25, 0.3) is 0 Å². The van der Waals surface area contributed by atoms with Gasteiger partial charge in [0.15, 0.2) is 5.78 Å². The van der Waals surface area contributed by atoms with Gasteiger partial charge in [0.1, 0.15) is 5.75 Å². The summed E-state index contributed by atoms with van der Waals surface area (Å²) in [5.41, 5.74) is 1.62. The largest absolute Gasteiger partial charge is 0.492 e. The van der Waals surface area contributed by atoms with Crippen molar-refractivity contribution in [3.63, 3.8) is 0 Å². The SMILES string of the molecule is CCc1ccc(Cl)c2c1OCCC2=O. The van der Waals surface area contributed by atoms with Gasteiger partial charge in [-0.25, -0.2) is 0 Å². The van der Waals surface area contributed by atoms with Gasteiger partial charge in [-0.3, -0.25) is 4.79 Å².